The molecule has 2 aromatic carbocycles. The number of methoxy groups -OCH3 is 1. The molecule has 5 nitrogen and oxygen atoms in total. The SMILES string of the molecule is COc1cc(C=O)ccc1OCc1ccc(C(=O)N(C)C)cc1. The first kappa shape index (κ1) is 16.5. The summed E-state index contributed by atoms with van der Waals surface area (Å²) < 4.78 is 10.9. The van der Waals surface area contributed by atoms with E-state index < -0.39 is 0 Å². The highest BCUT2D eigenvalue weighted by atomic mass is 16.5. The number of nitrogens with zero attached hydrogens (tertiary/aromatic N) is 1. The summed E-state index contributed by atoms with van der Waals surface area (Å²) in [6.45, 7) is 0.341. The molecule has 0 heterocycles. The number of hydrogen-bond donors (Lipinski definition) is 0. The molecule has 0 aliphatic heterocycles. The van der Waals surface area contributed by atoms with E-state index >= 15 is 0 Å². The number of carbonyl (C=O) groups excluding carboxylic acids is 2. The summed E-state index contributed by atoms with van der Waals surface area (Å²) in [4.78, 5) is 24.1. The van der Waals surface area contributed by atoms with Crippen LogP contribution < -0.4 is 9.47 Å². The normalized spacial score (nSPS) is 10.0. The van der Waals surface area contributed by atoms with Crippen LogP contribution in [0.4, 0.5) is 0 Å². The van der Waals surface area contributed by atoms with Crippen molar-refractivity contribution in [2.75, 3.05) is 21.2 Å². The van der Waals surface area contributed by atoms with Crippen LogP contribution >= 0.6 is 0 Å². The van der Waals surface area contributed by atoms with Gasteiger partial charge in [-0.05, 0) is 35.9 Å². The van der Waals surface area contributed by atoms with Gasteiger partial charge >= 0.3 is 0 Å². The van der Waals surface area contributed by atoms with Crippen LogP contribution in [0.1, 0.15) is 26.3 Å². The van der Waals surface area contributed by atoms with Gasteiger partial charge in [0.1, 0.15) is 12.9 Å². The summed E-state index contributed by atoms with van der Waals surface area (Å²) in [5, 5.41) is 0. The molecule has 0 spiro atoms. The second-order valence-corrected chi connectivity index (χ2v) is 5.21. The van der Waals surface area contributed by atoms with E-state index in [-0.39, 0.29) is 5.91 Å². The number of rotatable bonds is 6. The molecule has 23 heavy (non-hydrogen) atoms. The fraction of sp³-hybridized carbons (Fsp3) is 0.222. The lowest BCUT2D eigenvalue weighted by Gasteiger charge is -2.12. The van der Waals surface area contributed by atoms with Crippen molar-refractivity contribution in [2.45, 2.75) is 6.61 Å². The molecule has 0 radical (unpaired) electrons. The highest BCUT2D eigenvalue weighted by molar-refractivity contribution is 5.93. The monoisotopic (exact) mass is 313 g/mol. The lowest BCUT2D eigenvalue weighted by molar-refractivity contribution is 0.0827. The van der Waals surface area contributed by atoms with Gasteiger partial charge in [-0.1, -0.05) is 12.1 Å². The Morgan fingerprint density at radius 2 is 1.78 bits per heavy atom. The molecule has 0 aliphatic rings. The second kappa shape index (κ2) is 7.45. The molecule has 0 saturated heterocycles. The van der Waals surface area contributed by atoms with E-state index in [1.165, 1.54) is 12.0 Å². The van der Waals surface area contributed by atoms with Crippen LogP contribution in [0.25, 0.3) is 0 Å². The molecule has 0 unspecified atom stereocenters. The summed E-state index contributed by atoms with van der Waals surface area (Å²) in [6, 6.07) is 12.2. The summed E-state index contributed by atoms with van der Waals surface area (Å²) in [5.74, 6) is 1.03. The van der Waals surface area contributed by atoms with Crippen molar-refractivity contribution in [2.24, 2.45) is 0 Å². The van der Waals surface area contributed by atoms with Crippen LogP contribution in [-0.4, -0.2) is 38.3 Å². The highest BCUT2D eigenvalue weighted by Gasteiger charge is 2.09. The van der Waals surface area contributed by atoms with Crippen LogP contribution in [0.5, 0.6) is 11.5 Å². The number of amides is 1. The maximum atomic E-state index is 11.8. The van der Waals surface area contributed by atoms with Crippen molar-refractivity contribution in [1.82, 2.24) is 4.90 Å². The Morgan fingerprint density at radius 1 is 1.09 bits per heavy atom. The smallest absolute Gasteiger partial charge is 0.253 e. The number of benzene rings is 2. The molecule has 2 rings (SSSR count). The molecular formula is C18H19NO4. The van der Waals surface area contributed by atoms with Gasteiger partial charge in [0.2, 0.25) is 0 Å². The van der Waals surface area contributed by atoms with Gasteiger partial charge in [-0.3, -0.25) is 9.59 Å². The molecule has 1 amide bonds. The van der Waals surface area contributed by atoms with Gasteiger partial charge < -0.3 is 14.4 Å². The fourth-order valence-corrected chi connectivity index (χ4v) is 2.04. The molecule has 2 aromatic rings. The predicted molar refractivity (Wildman–Crippen MR) is 87.2 cm³/mol. The van der Waals surface area contributed by atoms with Gasteiger partial charge in [0.25, 0.3) is 5.91 Å². The van der Waals surface area contributed by atoms with E-state index in [9.17, 15) is 9.59 Å². The molecule has 0 atom stereocenters. The number of carbonyl (C=O) groups is 2. The Bertz CT molecular complexity index is 693. The standard InChI is InChI=1S/C18H19NO4/c1-19(2)18(21)15-7-4-13(5-8-15)12-23-16-9-6-14(11-20)10-17(16)22-3/h4-11H,12H2,1-3H3. The van der Waals surface area contributed by atoms with Crippen molar-refractivity contribution >= 4 is 12.2 Å². The highest BCUT2D eigenvalue weighted by Crippen LogP contribution is 2.28. The lowest BCUT2D eigenvalue weighted by atomic mass is 10.1. The third-order valence-electron chi connectivity index (χ3n) is 3.33. The summed E-state index contributed by atoms with van der Waals surface area (Å²) in [5.41, 5.74) is 2.09. The van der Waals surface area contributed by atoms with Gasteiger partial charge in [-0.2, -0.15) is 0 Å². The van der Waals surface area contributed by atoms with Crippen LogP contribution in [0.15, 0.2) is 42.5 Å². The van der Waals surface area contributed by atoms with Crippen molar-refractivity contribution < 1.29 is 19.1 Å². The summed E-state index contributed by atoms with van der Waals surface area (Å²) in [7, 11) is 4.96. The molecule has 0 fully saturated rings. The minimum absolute atomic E-state index is 0.0383. The Balaban J connectivity index is 2.06. The average molecular weight is 313 g/mol. The van der Waals surface area contributed by atoms with Crippen LogP contribution in [0.3, 0.4) is 0 Å². The maximum Gasteiger partial charge on any atom is 0.253 e. The Labute approximate surface area is 135 Å². The Morgan fingerprint density at radius 3 is 2.35 bits per heavy atom. The van der Waals surface area contributed by atoms with Gasteiger partial charge in [0.05, 0.1) is 7.11 Å². The third kappa shape index (κ3) is 4.10. The largest absolute Gasteiger partial charge is 0.493 e. The first-order chi connectivity index (χ1) is 11.0. The molecule has 0 aliphatic carbocycles. The van der Waals surface area contributed by atoms with E-state index in [0.717, 1.165) is 11.8 Å². The van der Waals surface area contributed by atoms with Crippen LogP contribution in [0, 0.1) is 0 Å². The Kier molecular flexibility index (Phi) is 5.36. The van der Waals surface area contributed by atoms with E-state index in [4.69, 9.17) is 9.47 Å². The van der Waals surface area contributed by atoms with Gasteiger partial charge in [-0.15, -0.1) is 0 Å². The van der Waals surface area contributed by atoms with E-state index in [0.29, 0.717) is 29.2 Å². The molecular weight excluding hydrogens is 294 g/mol. The minimum Gasteiger partial charge on any atom is -0.493 e. The predicted octanol–water partition coefficient (Wildman–Crippen LogP) is 2.79. The Hall–Kier alpha value is -2.82. The molecule has 0 bridgehead atoms. The van der Waals surface area contributed by atoms with Crippen LogP contribution in [0.2, 0.25) is 0 Å². The zero-order valence-electron chi connectivity index (χ0n) is 13.4. The number of ether oxygens (including phenoxy) is 2. The number of hydrogen-bond acceptors (Lipinski definition) is 4. The van der Waals surface area contributed by atoms with E-state index in [2.05, 4.69) is 0 Å². The molecule has 0 saturated carbocycles. The number of aldehydes is 1. The van der Waals surface area contributed by atoms with E-state index in [1.54, 1.807) is 44.4 Å². The van der Waals surface area contributed by atoms with Gasteiger partial charge in [-0.25, -0.2) is 0 Å². The first-order valence-corrected chi connectivity index (χ1v) is 7.11. The molecule has 5 heteroatoms. The second-order valence-electron chi connectivity index (χ2n) is 5.21. The summed E-state index contributed by atoms with van der Waals surface area (Å²) >= 11 is 0. The van der Waals surface area contributed by atoms with Crippen molar-refractivity contribution in [3.63, 3.8) is 0 Å². The van der Waals surface area contributed by atoms with E-state index in [1.807, 2.05) is 12.1 Å². The van der Waals surface area contributed by atoms with Crippen LogP contribution in [-0.2, 0) is 6.61 Å². The van der Waals surface area contributed by atoms with Gasteiger partial charge in [0.15, 0.2) is 11.5 Å². The van der Waals surface area contributed by atoms with Crippen molar-refractivity contribution in [3.8, 4) is 11.5 Å². The van der Waals surface area contributed by atoms with Crippen molar-refractivity contribution in [3.05, 3.63) is 59.2 Å². The molecule has 120 valence electrons. The minimum atomic E-state index is -0.0383. The topological polar surface area (TPSA) is 55.8 Å². The molecule has 0 aromatic heterocycles. The summed E-state index contributed by atoms with van der Waals surface area (Å²) in [6.07, 6.45) is 0.757. The molecule has 0 N–H and O–H groups in total. The fourth-order valence-electron chi connectivity index (χ4n) is 2.04. The maximum absolute atomic E-state index is 11.8. The van der Waals surface area contributed by atoms with Crippen molar-refractivity contribution in [1.29, 1.82) is 0 Å². The average Bonchev–Trinajstić information content (AvgIpc) is 2.59. The zero-order chi connectivity index (χ0) is 16.8. The third-order valence-corrected chi connectivity index (χ3v) is 3.33. The van der Waals surface area contributed by atoms with Gasteiger partial charge in [0, 0.05) is 25.2 Å². The zero-order valence-corrected chi connectivity index (χ0v) is 13.4. The lowest BCUT2D eigenvalue weighted by Crippen LogP contribution is -2.21. The quantitative estimate of drug-likeness (QED) is 0.770. The first-order valence-electron chi connectivity index (χ1n) is 7.11.